The molecule has 10 heteroatoms. The Labute approximate surface area is 272 Å². The van der Waals surface area contributed by atoms with E-state index >= 15 is 0 Å². The summed E-state index contributed by atoms with van der Waals surface area (Å²) < 4.78 is 16.8. The summed E-state index contributed by atoms with van der Waals surface area (Å²) in [6.45, 7) is 2.40. The number of rotatable bonds is 11. The number of nitrogens with one attached hydrogen (secondary N) is 1. The highest BCUT2D eigenvalue weighted by atomic mass is 35.5. The van der Waals surface area contributed by atoms with Gasteiger partial charge in [-0.25, -0.2) is 0 Å². The fraction of sp³-hybridized carbons (Fsp3) is 0.257. The lowest BCUT2D eigenvalue weighted by Gasteiger charge is -2.28. The third kappa shape index (κ3) is 6.18. The lowest BCUT2D eigenvalue weighted by atomic mass is 9.76. The highest BCUT2D eigenvalue weighted by Crippen LogP contribution is 2.50. The maximum absolute atomic E-state index is 14.5. The minimum atomic E-state index is -1.16. The molecule has 0 saturated carbocycles. The number of phenols is 1. The van der Waals surface area contributed by atoms with Crippen LogP contribution in [-0.2, 0) is 21.5 Å². The number of benzene rings is 4. The van der Waals surface area contributed by atoms with Crippen molar-refractivity contribution in [3.05, 3.63) is 117 Å². The molecule has 0 aromatic heterocycles. The number of carbonyl (C=O) groups excluding carboxylic acids is 2. The molecule has 1 aliphatic rings. The molecule has 5 rings (SSSR count). The maximum atomic E-state index is 14.5. The first-order valence-corrected chi connectivity index (χ1v) is 15.1. The Bertz CT molecular complexity index is 1750. The Morgan fingerprint density at radius 2 is 1.73 bits per heavy atom. The topological polar surface area (TPSA) is 97.3 Å². The number of fused-ring (bicyclic) bond motifs is 1. The quantitative estimate of drug-likeness (QED) is 0.180. The fourth-order valence-electron chi connectivity index (χ4n) is 5.83. The van der Waals surface area contributed by atoms with Crippen molar-refractivity contribution in [3.8, 4) is 17.2 Å². The first kappa shape index (κ1) is 32.2. The summed E-state index contributed by atoms with van der Waals surface area (Å²) in [5.74, 6) is 0.611. The second kappa shape index (κ2) is 13.4. The average Bonchev–Trinajstić information content (AvgIpc) is 3.25. The van der Waals surface area contributed by atoms with Crippen LogP contribution in [0.4, 0.5) is 5.69 Å². The third-order valence-corrected chi connectivity index (χ3v) is 8.87. The molecule has 4 aromatic carbocycles. The molecule has 8 nitrogen and oxygen atoms in total. The van der Waals surface area contributed by atoms with E-state index in [0.717, 1.165) is 22.4 Å². The van der Waals surface area contributed by atoms with E-state index in [1.165, 1.54) is 6.07 Å². The van der Waals surface area contributed by atoms with Crippen LogP contribution in [0.1, 0.15) is 52.1 Å². The smallest absolute Gasteiger partial charge is 0.255 e. The largest absolute Gasteiger partial charge is 0.507 e. The van der Waals surface area contributed by atoms with Crippen LogP contribution in [0.3, 0.4) is 0 Å². The van der Waals surface area contributed by atoms with E-state index in [-0.39, 0.29) is 36.2 Å². The van der Waals surface area contributed by atoms with Crippen LogP contribution in [0.15, 0.2) is 78.9 Å². The Hall–Kier alpha value is -4.24. The van der Waals surface area contributed by atoms with Gasteiger partial charge in [0.1, 0.15) is 22.7 Å². The predicted octanol–water partition coefficient (Wildman–Crippen LogP) is 7.08. The number of carbonyl (C=O) groups is 2. The van der Waals surface area contributed by atoms with Crippen LogP contribution in [0.2, 0.25) is 10.0 Å². The van der Waals surface area contributed by atoms with E-state index in [2.05, 4.69) is 5.32 Å². The molecule has 0 bridgehead atoms. The zero-order valence-electron chi connectivity index (χ0n) is 25.4. The van der Waals surface area contributed by atoms with E-state index in [1.54, 1.807) is 62.6 Å². The van der Waals surface area contributed by atoms with Gasteiger partial charge in [-0.2, -0.15) is 0 Å². The lowest BCUT2D eigenvalue weighted by Crippen LogP contribution is -2.39. The van der Waals surface area contributed by atoms with E-state index < -0.39 is 11.5 Å². The standard InChI is InChI=1S/C35H34Cl2N2O6/c1-35(26-17-21(10-13-28(26)37)31(44-3)15-16-38-33(41)25-7-5-6-8-30(25)40)27-18-23(36)11-14-29(27)39(34(35)42)20-22-9-12-24(43-2)19-32(22)45-4/h5-14,17-19,31,40H,15-16,20H2,1-4H3,(H,38,41). The van der Waals surface area contributed by atoms with Gasteiger partial charge in [-0.05, 0) is 78.6 Å². The van der Waals surface area contributed by atoms with Gasteiger partial charge in [0.05, 0.1) is 32.4 Å². The number of nitrogens with zero attached hydrogens (tertiary/aromatic N) is 1. The lowest BCUT2D eigenvalue weighted by molar-refractivity contribution is -0.121. The molecule has 2 unspecified atom stereocenters. The minimum absolute atomic E-state index is 0.0880. The summed E-state index contributed by atoms with van der Waals surface area (Å²) >= 11 is 13.3. The van der Waals surface area contributed by atoms with Crippen LogP contribution < -0.4 is 19.7 Å². The van der Waals surface area contributed by atoms with Gasteiger partial charge < -0.3 is 29.5 Å². The Kier molecular flexibility index (Phi) is 9.58. The summed E-state index contributed by atoms with van der Waals surface area (Å²) in [5, 5.41) is 13.8. The molecule has 45 heavy (non-hydrogen) atoms. The first-order chi connectivity index (χ1) is 21.6. The molecule has 1 heterocycles. The molecule has 0 fully saturated rings. The zero-order chi connectivity index (χ0) is 32.3. The van der Waals surface area contributed by atoms with Crippen molar-refractivity contribution < 1.29 is 28.9 Å². The minimum Gasteiger partial charge on any atom is -0.507 e. The Morgan fingerprint density at radius 3 is 2.44 bits per heavy atom. The van der Waals surface area contributed by atoms with Gasteiger partial charge >= 0.3 is 0 Å². The maximum Gasteiger partial charge on any atom is 0.255 e. The molecule has 0 aliphatic carbocycles. The normalized spacial score (nSPS) is 16.3. The van der Waals surface area contributed by atoms with Crippen molar-refractivity contribution in [1.29, 1.82) is 0 Å². The summed E-state index contributed by atoms with van der Waals surface area (Å²) in [6, 6.07) is 22.8. The van der Waals surface area contributed by atoms with Gasteiger partial charge in [0.25, 0.3) is 5.91 Å². The second-order valence-corrected chi connectivity index (χ2v) is 11.7. The van der Waals surface area contributed by atoms with Gasteiger partial charge in [-0.3, -0.25) is 9.59 Å². The van der Waals surface area contributed by atoms with Crippen molar-refractivity contribution in [2.45, 2.75) is 31.4 Å². The molecule has 1 aliphatic heterocycles. The average molecular weight is 650 g/mol. The molecule has 0 spiro atoms. The number of ether oxygens (including phenoxy) is 3. The van der Waals surface area contributed by atoms with Gasteiger partial charge in [-0.1, -0.05) is 47.5 Å². The monoisotopic (exact) mass is 648 g/mol. The number of methoxy groups -OCH3 is 3. The Morgan fingerprint density at radius 1 is 0.956 bits per heavy atom. The third-order valence-electron chi connectivity index (χ3n) is 8.31. The molecule has 2 N–H and O–H groups in total. The molecule has 2 amide bonds. The number of phenolic OH excluding ortho intramolecular Hbond substituents is 1. The fourth-order valence-corrected chi connectivity index (χ4v) is 6.31. The molecule has 0 saturated heterocycles. The highest BCUT2D eigenvalue weighted by Gasteiger charge is 2.50. The Balaban J connectivity index is 1.45. The summed E-state index contributed by atoms with van der Waals surface area (Å²) in [5.41, 5.74) is 2.70. The zero-order valence-corrected chi connectivity index (χ0v) is 26.9. The van der Waals surface area contributed by atoms with E-state index in [9.17, 15) is 14.7 Å². The first-order valence-electron chi connectivity index (χ1n) is 14.3. The van der Waals surface area contributed by atoms with Crippen molar-refractivity contribution in [2.24, 2.45) is 0 Å². The molecule has 234 valence electrons. The molecular weight excluding hydrogens is 615 g/mol. The highest BCUT2D eigenvalue weighted by molar-refractivity contribution is 6.32. The second-order valence-electron chi connectivity index (χ2n) is 10.9. The van der Waals surface area contributed by atoms with Crippen molar-refractivity contribution in [2.75, 3.05) is 32.8 Å². The molecule has 4 aromatic rings. The van der Waals surface area contributed by atoms with E-state index in [0.29, 0.717) is 33.5 Å². The van der Waals surface area contributed by atoms with Gasteiger partial charge in [-0.15, -0.1) is 0 Å². The van der Waals surface area contributed by atoms with Gasteiger partial charge in [0.2, 0.25) is 5.91 Å². The van der Waals surface area contributed by atoms with E-state index in [1.807, 2.05) is 43.3 Å². The molecular formula is C35H34Cl2N2O6. The number of anilines is 1. The van der Waals surface area contributed by atoms with E-state index in [4.69, 9.17) is 37.4 Å². The number of halogens is 2. The summed E-state index contributed by atoms with van der Waals surface area (Å²) in [4.78, 5) is 28.8. The summed E-state index contributed by atoms with van der Waals surface area (Å²) in [6.07, 6.45) is 0.0252. The predicted molar refractivity (Wildman–Crippen MR) is 175 cm³/mol. The van der Waals surface area contributed by atoms with Crippen LogP contribution in [0, 0.1) is 0 Å². The molecule has 2 atom stereocenters. The number of amides is 2. The van der Waals surface area contributed by atoms with Crippen LogP contribution in [0.5, 0.6) is 17.2 Å². The number of hydrogen-bond acceptors (Lipinski definition) is 6. The van der Waals surface area contributed by atoms with Crippen LogP contribution in [0.25, 0.3) is 0 Å². The molecule has 0 radical (unpaired) electrons. The van der Waals surface area contributed by atoms with Crippen molar-refractivity contribution >= 4 is 40.7 Å². The van der Waals surface area contributed by atoms with Crippen molar-refractivity contribution in [1.82, 2.24) is 5.32 Å². The van der Waals surface area contributed by atoms with Crippen LogP contribution in [-0.4, -0.2) is 44.8 Å². The van der Waals surface area contributed by atoms with Crippen LogP contribution >= 0.6 is 23.2 Å². The number of para-hydroxylation sites is 1. The van der Waals surface area contributed by atoms with Gasteiger partial charge in [0, 0.05) is 41.0 Å². The van der Waals surface area contributed by atoms with Crippen molar-refractivity contribution in [3.63, 3.8) is 0 Å². The summed E-state index contributed by atoms with van der Waals surface area (Å²) in [7, 11) is 4.75. The van der Waals surface area contributed by atoms with Gasteiger partial charge in [0.15, 0.2) is 0 Å². The SMILES string of the molecule is COc1ccc(CN2C(=O)C(C)(c3cc(C(CCNC(=O)c4ccccc4O)OC)ccc3Cl)c3cc(Cl)ccc32)c(OC)c1. The number of hydrogen-bond donors (Lipinski definition) is 2. The number of aromatic hydroxyl groups is 1.